The first-order valence-electron chi connectivity index (χ1n) is 8.81. The summed E-state index contributed by atoms with van der Waals surface area (Å²) in [6.45, 7) is 5.43. The standard InChI is InChI=1S/C19H24N2O3/c1-11-7-14-16(8-12(11)2)24-6-5-19(14)9-15(19)18(23)21-13-3-4-17(22)20-10-13/h7-8,13,15H,3-6,9-10H2,1-2H3,(H,20,22)(H,21,23)/t13-,15+,19+/m1/s1. The highest BCUT2D eigenvalue weighted by Crippen LogP contribution is 2.61. The van der Waals surface area contributed by atoms with Gasteiger partial charge in [-0.1, -0.05) is 6.07 Å². The predicted octanol–water partition coefficient (Wildman–Crippen LogP) is 1.74. The first-order valence-corrected chi connectivity index (χ1v) is 8.81. The topological polar surface area (TPSA) is 67.4 Å². The van der Waals surface area contributed by atoms with Crippen molar-refractivity contribution < 1.29 is 14.3 Å². The summed E-state index contributed by atoms with van der Waals surface area (Å²) >= 11 is 0. The number of hydrogen-bond acceptors (Lipinski definition) is 3. The lowest BCUT2D eigenvalue weighted by Gasteiger charge is -2.29. The Bertz CT molecular complexity index is 705. The van der Waals surface area contributed by atoms with Gasteiger partial charge in [0.25, 0.3) is 0 Å². The number of amides is 2. The first-order chi connectivity index (χ1) is 11.5. The summed E-state index contributed by atoms with van der Waals surface area (Å²) in [5.74, 6) is 1.18. The molecule has 2 fully saturated rings. The fraction of sp³-hybridized carbons (Fsp3) is 0.579. The predicted molar refractivity (Wildman–Crippen MR) is 90.0 cm³/mol. The van der Waals surface area contributed by atoms with Crippen molar-refractivity contribution in [3.8, 4) is 5.75 Å². The zero-order valence-corrected chi connectivity index (χ0v) is 14.3. The van der Waals surface area contributed by atoms with Crippen LogP contribution in [0.2, 0.25) is 0 Å². The van der Waals surface area contributed by atoms with Crippen molar-refractivity contribution in [1.82, 2.24) is 10.6 Å². The Balaban J connectivity index is 1.50. The molecule has 0 radical (unpaired) electrons. The van der Waals surface area contributed by atoms with Crippen molar-refractivity contribution in [2.75, 3.05) is 13.2 Å². The summed E-state index contributed by atoms with van der Waals surface area (Å²) in [5, 5.41) is 5.96. The van der Waals surface area contributed by atoms with Gasteiger partial charge >= 0.3 is 0 Å². The van der Waals surface area contributed by atoms with Gasteiger partial charge in [-0.05, 0) is 50.3 Å². The molecular formula is C19H24N2O3. The van der Waals surface area contributed by atoms with Crippen LogP contribution >= 0.6 is 0 Å². The Morgan fingerprint density at radius 2 is 2.12 bits per heavy atom. The van der Waals surface area contributed by atoms with Gasteiger partial charge in [0.15, 0.2) is 0 Å². The zero-order valence-electron chi connectivity index (χ0n) is 14.3. The molecule has 5 heteroatoms. The van der Waals surface area contributed by atoms with Crippen LogP contribution in [-0.4, -0.2) is 31.0 Å². The van der Waals surface area contributed by atoms with E-state index in [0.29, 0.717) is 19.6 Å². The summed E-state index contributed by atoms with van der Waals surface area (Å²) in [6.07, 6.45) is 3.03. The monoisotopic (exact) mass is 328 g/mol. The van der Waals surface area contributed by atoms with Crippen LogP contribution in [0.4, 0.5) is 0 Å². The molecule has 2 amide bonds. The number of piperidine rings is 1. The summed E-state index contributed by atoms with van der Waals surface area (Å²) in [4.78, 5) is 24.0. The van der Waals surface area contributed by atoms with Gasteiger partial charge in [-0.3, -0.25) is 9.59 Å². The molecule has 1 saturated carbocycles. The van der Waals surface area contributed by atoms with Crippen molar-refractivity contribution in [2.45, 2.75) is 51.0 Å². The number of nitrogens with one attached hydrogen (secondary N) is 2. The molecule has 128 valence electrons. The quantitative estimate of drug-likeness (QED) is 0.869. The van der Waals surface area contributed by atoms with Crippen molar-refractivity contribution in [2.24, 2.45) is 5.92 Å². The fourth-order valence-corrected chi connectivity index (χ4v) is 4.16. The number of aryl methyl sites for hydroxylation is 2. The van der Waals surface area contributed by atoms with E-state index in [0.717, 1.165) is 25.0 Å². The average Bonchev–Trinajstić information content (AvgIpc) is 3.27. The minimum absolute atomic E-state index is 0.0277. The Labute approximate surface area is 142 Å². The van der Waals surface area contributed by atoms with Gasteiger partial charge < -0.3 is 15.4 Å². The van der Waals surface area contributed by atoms with E-state index in [9.17, 15) is 9.59 Å². The summed E-state index contributed by atoms with van der Waals surface area (Å²) in [6, 6.07) is 4.37. The van der Waals surface area contributed by atoms with Gasteiger partial charge in [-0.2, -0.15) is 0 Å². The van der Waals surface area contributed by atoms with Crippen LogP contribution in [0.25, 0.3) is 0 Å². The molecule has 4 rings (SSSR count). The number of fused-ring (bicyclic) bond motifs is 2. The second-order valence-electron chi connectivity index (χ2n) is 7.49. The fourth-order valence-electron chi connectivity index (χ4n) is 4.16. The minimum atomic E-state index is -0.0476. The molecule has 0 aromatic heterocycles. The smallest absolute Gasteiger partial charge is 0.224 e. The third-order valence-electron chi connectivity index (χ3n) is 5.94. The highest BCUT2D eigenvalue weighted by Gasteiger charge is 2.61. The third kappa shape index (κ3) is 2.46. The van der Waals surface area contributed by atoms with E-state index >= 15 is 0 Å². The van der Waals surface area contributed by atoms with E-state index in [-0.39, 0.29) is 29.2 Å². The summed E-state index contributed by atoms with van der Waals surface area (Å²) in [5.41, 5.74) is 3.63. The van der Waals surface area contributed by atoms with E-state index in [4.69, 9.17) is 4.74 Å². The summed E-state index contributed by atoms with van der Waals surface area (Å²) < 4.78 is 5.85. The Morgan fingerprint density at radius 3 is 2.88 bits per heavy atom. The van der Waals surface area contributed by atoms with Crippen molar-refractivity contribution in [1.29, 1.82) is 0 Å². The molecule has 5 nitrogen and oxygen atoms in total. The zero-order chi connectivity index (χ0) is 16.9. The molecule has 3 atom stereocenters. The van der Waals surface area contributed by atoms with E-state index < -0.39 is 0 Å². The van der Waals surface area contributed by atoms with E-state index in [1.807, 2.05) is 0 Å². The number of rotatable bonds is 2. The lowest BCUT2D eigenvalue weighted by molar-refractivity contribution is -0.126. The maximum atomic E-state index is 12.7. The van der Waals surface area contributed by atoms with Crippen LogP contribution < -0.4 is 15.4 Å². The second kappa shape index (κ2) is 5.50. The molecule has 2 heterocycles. The molecule has 1 spiro atoms. The third-order valence-corrected chi connectivity index (χ3v) is 5.94. The number of benzene rings is 1. The minimum Gasteiger partial charge on any atom is -0.493 e. The second-order valence-corrected chi connectivity index (χ2v) is 7.49. The Kier molecular flexibility index (Phi) is 3.55. The maximum Gasteiger partial charge on any atom is 0.224 e. The van der Waals surface area contributed by atoms with Gasteiger partial charge in [-0.15, -0.1) is 0 Å². The molecule has 1 saturated heterocycles. The maximum absolute atomic E-state index is 12.7. The number of carbonyl (C=O) groups excluding carboxylic acids is 2. The van der Waals surface area contributed by atoms with Crippen molar-refractivity contribution in [3.05, 3.63) is 28.8 Å². The van der Waals surface area contributed by atoms with Gasteiger partial charge in [0.05, 0.1) is 6.61 Å². The average molecular weight is 328 g/mol. The van der Waals surface area contributed by atoms with Crippen LogP contribution in [0.15, 0.2) is 12.1 Å². The van der Waals surface area contributed by atoms with Crippen LogP contribution in [0, 0.1) is 19.8 Å². The Morgan fingerprint density at radius 1 is 1.33 bits per heavy atom. The molecule has 1 aromatic rings. The van der Waals surface area contributed by atoms with Crippen LogP contribution in [0.5, 0.6) is 5.75 Å². The molecule has 24 heavy (non-hydrogen) atoms. The molecule has 1 aliphatic carbocycles. The number of carbonyl (C=O) groups is 2. The van der Waals surface area contributed by atoms with Gasteiger partial charge in [0.1, 0.15) is 5.75 Å². The lowest BCUT2D eigenvalue weighted by Crippen LogP contribution is -2.48. The lowest BCUT2D eigenvalue weighted by atomic mass is 9.85. The summed E-state index contributed by atoms with van der Waals surface area (Å²) in [7, 11) is 0. The van der Waals surface area contributed by atoms with Gasteiger partial charge in [0.2, 0.25) is 11.8 Å². The normalized spacial score (nSPS) is 31.0. The van der Waals surface area contributed by atoms with E-state index in [2.05, 4.69) is 36.6 Å². The molecule has 0 bridgehead atoms. The SMILES string of the molecule is Cc1cc2c(cc1C)[C@]1(CCO2)C[C@H]1C(=O)N[C@@H]1CCC(=O)NC1. The van der Waals surface area contributed by atoms with Crippen LogP contribution in [-0.2, 0) is 15.0 Å². The molecule has 2 aliphatic heterocycles. The van der Waals surface area contributed by atoms with Crippen LogP contribution in [0.3, 0.4) is 0 Å². The molecule has 1 aromatic carbocycles. The number of ether oxygens (including phenoxy) is 1. The first kappa shape index (κ1) is 15.5. The van der Waals surface area contributed by atoms with E-state index in [1.165, 1.54) is 16.7 Å². The van der Waals surface area contributed by atoms with Gasteiger partial charge in [-0.25, -0.2) is 0 Å². The highest BCUT2D eigenvalue weighted by atomic mass is 16.5. The molecular weight excluding hydrogens is 304 g/mol. The Hall–Kier alpha value is -2.04. The van der Waals surface area contributed by atoms with Crippen molar-refractivity contribution >= 4 is 11.8 Å². The molecule has 0 unspecified atom stereocenters. The number of hydrogen-bond donors (Lipinski definition) is 2. The van der Waals surface area contributed by atoms with E-state index in [1.54, 1.807) is 0 Å². The highest BCUT2D eigenvalue weighted by molar-refractivity contribution is 5.85. The van der Waals surface area contributed by atoms with Gasteiger partial charge in [0, 0.05) is 35.9 Å². The largest absolute Gasteiger partial charge is 0.493 e. The van der Waals surface area contributed by atoms with Crippen LogP contribution in [0.1, 0.15) is 42.4 Å². The molecule has 2 N–H and O–H groups in total. The van der Waals surface area contributed by atoms with Crippen molar-refractivity contribution in [3.63, 3.8) is 0 Å². The molecule has 3 aliphatic rings.